The molecule has 0 bridgehead atoms. The van der Waals surface area contributed by atoms with Crippen LogP contribution >= 0.6 is 0 Å². The lowest BCUT2D eigenvalue weighted by Gasteiger charge is -2.32. The monoisotopic (exact) mass is 498 g/mol. The lowest BCUT2D eigenvalue weighted by Crippen LogP contribution is -2.47. The van der Waals surface area contributed by atoms with Crippen molar-refractivity contribution in [1.82, 2.24) is 34.8 Å². The van der Waals surface area contributed by atoms with Gasteiger partial charge in [0.1, 0.15) is 17.5 Å². The summed E-state index contributed by atoms with van der Waals surface area (Å²) in [5, 5.41) is 10.9. The Morgan fingerprint density at radius 3 is 2.86 bits per heavy atom. The summed E-state index contributed by atoms with van der Waals surface area (Å²) in [5.41, 5.74) is 4.42. The standard InChI is InChI=1S/C26H27FN10/c1-28-21-16-30-15-20(18-2-3-18)24(21)25(36-10-7-29-8-11-36)32-14-17-4-6-31-22(12-17)33-26-34-23-13-19(27)5-9-37(23)35-26/h4-6,9,12-13,15-16,18,29H,1-3,7-8,10-11,14H2,(H,31,33,35). The molecule has 0 radical (unpaired) electrons. The molecule has 0 atom stereocenters. The molecule has 0 aromatic carbocycles. The van der Waals surface area contributed by atoms with Crippen LogP contribution < -0.4 is 10.6 Å². The van der Waals surface area contributed by atoms with Crippen LogP contribution in [0.3, 0.4) is 0 Å². The number of nitrogens with one attached hydrogen (secondary N) is 2. The van der Waals surface area contributed by atoms with Gasteiger partial charge >= 0.3 is 0 Å². The van der Waals surface area contributed by atoms with Crippen LogP contribution in [0.15, 0.2) is 59.0 Å². The SMILES string of the molecule is C=Nc1cncc(C2CC2)c1C(=NCc1ccnc(Nc2nc3cc(F)ccn3n2)c1)N1CCNCC1. The Hall–Kier alpha value is -4.25. The normalized spacial score (nSPS) is 16.2. The van der Waals surface area contributed by atoms with Gasteiger partial charge in [0.15, 0.2) is 5.65 Å². The van der Waals surface area contributed by atoms with Crippen molar-refractivity contribution in [3.05, 3.63) is 71.6 Å². The Morgan fingerprint density at radius 2 is 2.05 bits per heavy atom. The van der Waals surface area contributed by atoms with E-state index >= 15 is 0 Å². The van der Waals surface area contributed by atoms with Crippen molar-refractivity contribution in [2.24, 2.45) is 9.98 Å². The molecular formula is C26H27FN10. The number of hydrogen-bond acceptors (Lipinski definition) is 8. The van der Waals surface area contributed by atoms with Crippen molar-refractivity contribution < 1.29 is 4.39 Å². The van der Waals surface area contributed by atoms with E-state index in [4.69, 9.17) is 4.99 Å². The van der Waals surface area contributed by atoms with Gasteiger partial charge in [-0.2, -0.15) is 4.98 Å². The van der Waals surface area contributed by atoms with E-state index in [0.717, 1.165) is 61.7 Å². The molecule has 1 aliphatic carbocycles. The van der Waals surface area contributed by atoms with Gasteiger partial charge in [0.05, 0.1) is 18.4 Å². The predicted molar refractivity (Wildman–Crippen MR) is 141 cm³/mol. The maximum absolute atomic E-state index is 13.5. The Balaban J connectivity index is 1.30. The highest BCUT2D eigenvalue weighted by Gasteiger charge is 2.31. The summed E-state index contributed by atoms with van der Waals surface area (Å²) in [6.45, 7) is 7.80. The van der Waals surface area contributed by atoms with E-state index in [2.05, 4.69) is 47.3 Å². The van der Waals surface area contributed by atoms with Gasteiger partial charge in [0.25, 0.3) is 0 Å². The van der Waals surface area contributed by atoms with Crippen molar-refractivity contribution in [3.63, 3.8) is 0 Å². The minimum atomic E-state index is -0.362. The molecule has 0 amide bonds. The lowest BCUT2D eigenvalue weighted by molar-refractivity contribution is 0.357. The molecular weight excluding hydrogens is 471 g/mol. The zero-order chi connectivity index (χ0) is 25.2. The second kappa shape index (κ2) is 10.0. The van der Waals surface area contributed by atoms with Crippen molar-refractivity contribution in [2.75, 3.05) is 31.5 Å². The zero-order valence-corrected chi connectivity index (χ0v) is 20.3. The molecule has 1 saturated carbocycles. The smallest absolute Gasteiger partial charge is 0.248 e. The van der Waals surface area contributed by atoms with Crippen LogP contribution in [0.25, 0.3) is 5.65 Å². The fourth-order valence-electron chi connectivity index (χ4n) is 4.58. The summed E-state index contributed by atoms with van der Waals surface area (Å²) in [5.74, 6) is 2.00. The summed E-state index contributed by atoms with van der Waals surface area (Å²) >= 11 is 0. The van der Waals surface area contributed by atoms with E-state index in [-0.39, 0.29) is 5.82 Å². The highest BCUT2D eigenvalue weighted by molar-refractivity contribution is 6.04. The Kier molecular flexibility index (Phi) is 6.27. The minimum absolute atomic E-state index is 0.341. The molecule has 0 spiro atoms. The largest absolute Gasteiger partial charge is 0.354 e. The van der Waals surface area contributed by atoms with Crippen molar-refractivity contribution in [2.45, 2.75) is 25.3 Å². The Labute approximate surface area is 213 Å². The maximum Gasteiger partial charge on any atom is 0.248 e. The molecule has 2 fully saturated rings. The average Bonchev–Trinajstić information content (AvgIpc) is 3.70. The quantitative estimate of drug-likeness (QED) is 0.297. The molecule has 2 aliphatic rings. The minimum Gasteiger partial charge on any atom is -0.354 e. The molecule has 10 nitrogen and oxygen atoms in total. The molecule has 0 unspecified atom stereocenters. The van der Waals surface area contributed by atoms with Crippen molar-refractivity contribution in [1.29, 1.82) is 0 Å². The van der Waals surface area contributed by atoms with Crippen LogP contribution in [0, 0.1) is 5.82 Å². The van der Waals surface area contributed by atoms with E-state index in [1.54, 1.807) is 12.4 Å². The van der Waals surface area contributed by atoms with E-state index in [0.29, 0.717) is 29.9 Å². The molecule has 37 heavy (non-hydrogen) atoms. The summed E-state index contributed by atoms with van der Waals surface area (Å²) in [7, 11) is 0. The number of halogens is 1. The first-order valence-electron chi connectivity index (χ1n) is 12.4. The third kappa shape index (κ3) is 5.03. The summed E-state index contributed by atoms with van der Waals surface area (Å²) in [4.78, 5) is 24.9. The van der Waals surface area contributed by atoms with E-state index in [1.807, 2.05) is 18.3 Å². The summed E-state index contributed by atoms with van der Waals surface area (Å²) in [6.07, 6.45) is 9.31. The zero-order valence-electron chi connectivity index (χ0n) is 20.3. The van der Waals surface area contributed by atoms with Crippen molar-refractivity contribution >= 4 is 35.7 Å². The van der Waals surface area contributed by atoms with Gasteiger partial charge in [-0.05, 0) is 54.8 Å². The van der Waals surface area contributed by atoms with Crippen LogP contribution in [0.2, 0.25) is 0 Å². The van der Waals surface area contributed by atoms with Crippen LogP contribution in [0.1, 0.15) is 35.4 Å². The number of pyridine rings is 3. The van der Waals surface area contributed by atoms with Crippen LogP contribution in [0.4, 0.5) is 21.8 Å². The molecule has 1 saturated heterocycles. The third-order valence-electron chi connectivity index (χ3n) is 6.56. The first kappa shape index (κ1) is 23.2. The third-order valence-corrected chi connectivity index (χ3v) is 6.56. The van der Waals surface area contributed by atoms with E-state index in [9.17, 15) is 4.39 Å². The van der Waals surface area contributed by atoms with Crippen molar-refractivity contribution in [3.8, 4) is 0 Å². The number of fused-ring (bicyclic) bond motifs is 1. The number of aliphatic imine (C=N–C) groups is 2. The predicted octanol–water partition coefficient (Wildman–Crippen LogP) is 3.46. The molecule has 4 aromatic rings. The summed E-state index contributed by atoms with van der Waals surface area (Å²) in [6, 6.07) is 6.53. The van der Waals surface area contributed by atoms with Gasteiger partial charge in [-0.3, -0.25) is 15.0 Å². The van der Waals surface area contributed by atoms with Crippen LogP contribution in [-0.4, -0.2) is 68.2 Å². The lowest BCUT2D eigenvalue weighted by atomic mass is 10.0. The molecule has 11 heteroatoms. The molecule has 4 aromatic heterocycles. The number of hydrogen-bond donors (Lipinski definition) is 2. The maximum atomic E-state index is 13.5. The van der Waals surface area contributed by atoms with Gasteiger partial charge in [0, 0.05) is 56.4 Å². The molecule has 1 aliphatic heterocycles. The first-order chi connectivity index (χ1) is 18.2. The molecule has 2 N–H and O–H groups in total. The number of nitrogens with zero attached hydrogens (tertiary/aromatic N) is 8. The second-order valence-corrected chi connectivity index (χ2v) is 9.19. The van der Waals surface area contributed by atoms with Crippen LogP contribution in [-0.2, 0) is 6.54 Å². The summed E-state index contributed by atoms with van der Waals surface area (Å²) < 4.78 is 15.0. The van der Waals surface area contributed by atoms with E-state index < -0.39 is 0 Å². The van der Waals surface area contributed by atoms with Gasteiger partial charge < -0.3 is 15.5 Å². The molecule has 5 heterocycles. The fraction of sp³-hybridized carbons (Fsp3) is 0.308. The van der Waals surface area contributed by atoms with Gasteiger partial charge in [-0.1, -0.05) is 0 Å². The molecule has 188 valence electrons. The van der Waals surface area contributed by atoms with Gasteiger partial charge in [0.2, 0.25) is 5.95 Å². The molecule has 6 rings (SSSR count). The average molecular weight is 499 g/mol. The number of anilines is 2. The highest BCUT2D eigenvalue weighted by Crippen LogP contribution is 2.43. The second-order valence-electron chi connectivity index (χ2n) is 9.19. The Morgan fingerprint density at radius 1 is 1.19 bits per heavy atom. The Bertz CT molecular complexity index is 1470. The highest BCUT2D eigenvalue weighted by atomic mass is 19.1. The van der Waals surface area contributed by atoms with E-state index in [1.165, 1.54) is 28.4 Å². The number of rotatable bonds is 7. The van der Waals surface area contributed by atoms with Gasteiger partial charge in [-0.15, -0.1) is 5.10 Å². The first-order valence-corrected chi connectivity index (χ1v) is 12.4. The fourth-order valence-corrected chi connectivity index (χ4v) is 4.58. The number of piperazine rings is 1. The van der Waals surface area contributed by atoms with Crippen LogP contribution in [0.5, 0.6) is 0 Å². The number of aromatic nitrogens is 5. The topological polar surface area (TPSA) is 108 Å². The van der Waals surface area contributed by atoms with Gasteiger partial charge in [-0.25, -0.2) is 13.9 Å². The number of amidine groups is 1.